The number of pyridine rings is 1. The van der Waals surface area contributed by atoms with Crippen molar-refractivity contribution >= 4 is 17.7 Å². The van der Waals surface area contributed by atoms with E-state index in [-0.39, 0.29) is 0 Å². The van der Waals surface area contributed by atoms with Crippen LogP contribution in [0.3, 0.4) is 0 Å². The van der Waals surface area contributed by atoms with Crippen LogP contribution in [0.1, 0.15) is 18.4 Å². The van der Waals surface area contributed by atoms with Crippen molar-refractivity contribution in [2.24, 2.45) is 4.99 Å². The van der Waals surface area contributed by atoms with Gasteiger partial charge in [-0.15, -0.1) is 0 Å². The van der Waals surface area contributed by atoms with E-state index in [0.29, 0.717) is 12.4 Å². The molecular weight excluding hydrogens is 360 g/mol. The number of ether oxygens (including phenoxy) is 2. The van der Waals surface area contributed by atoms with Gasteiger partial charge in [0.1, 0.15) is 11.5 Å². The first kappa shape index (κ1) is 20.9. The Balaban J connectivity index is 1.77. The number of hydrogen-bond acceptors (Lipinski definition) is 5. The summed E-state index contributed by atoms with van der Waals surface area (Å²) in [6.07, 6.45) is 6.29. The highest BCUT2D eigenvalue weighted by Gasteiger charge is 2.02. The van der Waals surface area contributed by atoms with Crippen LogP contribution in [0.15, 0.2) is 47.6 Å². The first-order valence-electron chi connectivity index (χ1n) is 8.95. The highest BCUT2D eigenvalue weighted by molar-refractivity contribution is 7.98. The molecule has 146 valence electrons. The summed E-state index contributed by atoms with van der Waals surface area (Å²) in [6, 6.07) is 11.3. The Morgan fingerprint density at radius 3 is 2.48 bits per heavy atom. The summed E-state index contributed by atoms with van der Waals surface area (Å²) in [6.45, 7) is 1.58. The monoisotopic (exact) mass is 388 g/mol. The molecule has 0 aliphatic carbocycles. The predicted octanol–water partition coefficient (Wildman–Crippen LogP) is 3.69. The van der Waals surface area contributed by atoms with Crippen molar-refractivity contribution in [1.82, 2.24) is 15.6 Å². The summed E-state index contributed by atoms with van der Waals surface area (Å²) in [5.41, 5.74) is 1.06. The van der Waals surface area contributed by atoms with Gasteiger partial charge in [-0.25, -0.2) is 4.98 Å². The molecule has 0 unspecified atom stereocenters. The second-order valence-corrected chi connectivity index (χ2v) is 6.82. The van der Waals surface area contributed by atoms with Gasteiger partial charge in [0.2, 0.25) is 5.88 Å². The maximum atomic E-state index is 5.74. The Hall–Kier alpha value is -2.41. The number of hydrogen-bond donors (Lipinski definition) is 2. The molecule has 2 N–H and O–H groups in total. The van der Waals surface area contributed by atoms with Crippen LogP contribution in [-0.4, -0.2) is 43.7 Å². The van der Waals surface area contributed by atoms with Crippen LogP contribution < -0.4 is 20.1 Å². The lowest BCUT2D eigenvalue weighted by Gasteiger charge is -2.12. The van der Waals surface area contributed by atoms with Crippen molar-refractivity contribution in [3.63, 3.8) is 0 Å². The maximum Gasteiger partial charge on any atom is 0.219 e. The molecule has 0 saturated heterocycles. The van der Waals surface area contributed by atoms with Gasteiger partial charge in [-0.1, -0.05) is 6.07 Å². The topological polar surface area (TPSA) is 67.8 Å². The van der Waals surface area contributed by atoms with E-state index in [0.717, 1.165) is 36.0 Å². The van der Waals surface area contributed by atoms with Gasteiger partial charge in [0.25, 0.3) is 0 Å². The fraction of sp³-hybridized carbons (Fsp3) is 0.400. The standard InChI is InChI=1S/C20H28N4O2S/c1-21-20(22-12-4-5-13-27-3)24-15-16-6-11-19(23-14-16)26-18-9-7-17(25-2)8-10-18/h6-11,14H,4-5,12-13,15H2,1-3H3,(H2,21,22,24). The summed E-state index contributed by atoms with van der Waals surface area (Å²) >= 11 is 1.88. The van der Waals surface area contributed by atoms with Gasteiger partial charge in [-0.3, -0.25) is 4.99 Å². The van der Waals surface area contributed by atoms with Gasteiger partial charge in [0.05, 0.1) is 7.11 Å². The second kappa shape index (κ2) is 12.1. The Morgan fingerprint density at radius 1 is 1.07 bits per heavy atom. The van der Waals surface area contributed by atoms with Crippen molar-refractivity contribution in [3.05, 3.63) is 48.2 Å². The van der Waals surface area contributed by atoms with Gasteiger partial charge in [-0.2, -0.15) is 11.8 Å². The zero-order valence-corrected chi connectivity index (χ0v) is 17.0. The van der Waals surface area contributed by atoms with Crippen LogP contribution >= 0.6 is 11.8 Å². The first-order chi connectivity index (χ1) is 13.2. The summed E-state index contributed by atoms with van der Waals surface area (Å²) < 4.78 is 10.9. The van der Waals surface area contributed by atoms with Crippen molar-refractivity contribution in [2.75, 3.05) is 32.7 Å². The largest absolute Gasteiger partial charge is 0.497 e. The van der Waals surface area contributed by atoms with Gasteiger partial charge < -0.3 is 20.1 Å². The van der Waals surface area contributed by atoms with Crippen LogP contribution in [0.4, 0.5) is 0 Å². The molecule has 2 aromatic rings. The summed E-state index contributed by atoms with van der Waals surface area (Å²) in [7, 11) is 3.42. The molecule has 0 amide bonds. The lowest BCUT2D eigenvalue weighted by molar-refractivity contribution is 0.412. The van der Waals surface area contributed by atoms with E-state index in [2.05, 4.69) is 26.9 Å². The molecule has 0 spiro atoms. The average molecular weight is 389 g/mol. The predicted molar refractivity (Wildman–Crippen MR) is 113 cm³/mol. The number of aromatic nitrogens is 1. The van der Waals surface area contributed by atoms with E-state index >= 15 is 0 Å². The third-order valence-electron chi connectivity index (χ3n) is 3.83. The molecule has 0 fully saturated rings. The smallest absolute Gasteiger partial charge is 0.219 e. The summed E-state index contributed by atoms with van der Waals surface area (Å²) in [5.74, 6) is 4.07. The molecule has 0 aliphatic heterocycles. The van der Waals surface area contributed by atoms with Gasteiger partial charge in [0.15, 0.2) is 5.96 Å². The van der Waals surface area contributed by atoms with Crippen LogP contribution in [0, 0.1) is 0 Å². The van der Waals surface area contributed by atoms with Gasteiger partial charge in [0, 0.05) is 32.4 Å². The molecule has 6 nitrogen and oxygen atoms in total. The van der Waals surface area contributed by atoms with Crippen LogP contribution in [-0.2, 0) is 6.54 Å². The minimum Gasteiger partial charge on any atom is -0.497 e. The number of unbranched alkanes of at least 4 members (excludes halogenated alkanes) is 1. The Labute approximate surface area is 165 Å². The maximum absolute atomic E-state index is 5.74. The number of rotatable bonds is 10. The lowest BCUT2D eigenvalue weighted by Crippen LogP contribution is -2.37. The average Bonchev–Trinajstić information content (AvgIpc) is 2.72. The molecule has 0 radical (unpaired) electrons. The number of methoxy groups -OCH3 is 1. The minimum absolute atomic E-state index is 0.556. The molecule has 1 aromatic heterocycles. The van der Waals surface area contributed by atoms with Crippen molar-refractivity contribution in [2.45, 2.75) is 19.4 Å². The minimum atomic E-state index is 0.556. The fourth-order valence-electron chi connectivity index (χ4n) is 2.32. The number of aliphatic imine (C=N–C) groups is 1. The number of nitrogens with zero attached hydrogens (tertiary/aromatic N) is 2. The van der Waals surface area contributed by atoms with E-state index in [9.17, 15) is 0 Å². The summed E-state index contributed by atoms with van der Waals surface area (Å²) in [5, 5.41) is 6.62. The molecule has 7 heteroatoms. The number of guanidine groups is 1. The van der Waals surface area contributed by atoms with Crippen molar-refractivity contribution in [1.29, 1.82) is 0 Å². The van der Waals surface area contributed by atoms with E-state index in [4.69, 9.17) is 9.47 Å². The number of benzene rings is 1. The Bertz CT molecular complexity index is 690. The number of nitrogens with one attached hydrogen (secondary N) is 2. The zero-order valence-electron chi connectivity index (χ0n) is 16.2. The summed E-state index contributed by atoms with van der Waals surface area (Å²) in [4.78, 5) is 8.60. The zero-order chi connectivity index (χ0) is 19.3. The molecule has 0 bridgehead atoms. The molecule has 0 atom stereocenters. The Kier molecular flexibility index (Phi) is 9.34. The van der Waals surface area contributed by atoms with E-state index in [1.807, 2.05) is 48.2 Å². The Morgan fingerprint density at radius 2 is 1.85 bits per heavy atom. The van der Waals surface area contributed by atoms with Crippen molar-refractivity contribution in [3.8, 4) is 17.4 Å². The molecule has 1 aromatic carbocycles. The molecular formula is C20H28N4O2S. The normalized spacial score (nSPS) is 11.1. The van der Waals surface area contributed by atoms with Gasteiger partial charge in [-0.05, 0) is 54.7 Å². The molecule has 2 rings (SSSR count). The third-order valence-corrected chi connectivity index (χ3v) is 4.53. The second-order valence-electron chi connectivity index (χ2n) is 5.83. The molecule has 0 saturated carbocycles. The fourth-order valence-corrected chi connectivity index (χ4v) is 2.82. The first-order valence-corrected chi connectivity index (χ1v) is 10.3. The third kappa shape index (κ3) is 7.78. The van der Waals surface area contributed by atoms with E-state index < -0.39 is 0 Å². The highest BCUT2D eigenvalue weighted by Crippen LogP contribution is 2.22. The number of thioether (sulfide) groups is 1. The highest BCUT2D eigenvalue weighted by atomic mass is 32.2. The van der Waals surface area contributed by atoms with Gasteiger partial charge >= 0.3 is 0 Å². The lowest BCUT2D eigenvalue weighted by atomic mass is 10.3. The molecule has 1 heterocycles. The van der Waals surface area contributed by atoms with E-state index in [1.54, 1.807) is 20.4 Å². The van der Waals surface area contributed by atoms with E-state index in [1.165, 1.54) is 12.2 Å². The molecule has 0 aliphatic rings. The van der Waals surface area contributed by atoms with Crippen LogP contribution in [0.5, 0.6) is 17.4 Å². The molecule has 27 heavy (non-hydrogen) atoms. The van der Waals surface area contributed by atoms with Crippen molar-refractivity contribution < 1.29 is 9.47 Å². The van der Waals surface area contributed by atoms with Crippen LogP contribution in [0.2, 0.25) is 0 Å². The van der Waals surface area contributed by atoms with Crippen LogP contribution in [0.25, 0.3) is 0 Å². The quantitative estimate of drug-likeness (QED) is 0.368. The SMILES string of the molecule is CN=C(NCCCCSC)NCc1ccc(Oc2ccc(OC)cc2)nc1.